The van der Waals surface area contributed by atoms with Crippen molar-refractivity contribution in [2.24, 2.45) is 0 Å². The number of benzene rings is 1. The summed E-state index contributed by atoms with van der Waals surface area (Å²) in [6.45, 7) is 5.00. The van der Waals surface area contributed by atoms with E-state index in [9.17, 15) is 9.59 Å². The largest absolute Gasteiger partial charge is 0.492 e. The molecule has 8 nitrogen and oxygen atoms in total. The van der Waals surface area contributed by atoms with E-state index in [1.807, 2.05) is 18.4 Å². The Hall–Kier alpha value is -3.03. The van der Waals surface area contributed by atoms with Gasteiger partial charge in [-0.1, -0.05) is 0 Å². The molecule has 1 heterocycles. The molecule has 3 amide bonds. The number of hydrogen-bond donors (Lipinski definition) is 2. The number of nitrogens with zero attached hydrogens (tertiary/aromatic N) is 3. The van der Waals surface area contributed by atoms with Gasteiger partial charge in [0, 0.05) is 32.4 Å². The van der Waals surface area contributed by atoms with Crippen LogP contribution in [0.1, 0.15) is 24.2 Å². The number of anilines is 2. The summed E-state index contributed by atoms with van der Waals surface area (Å²) in [6, 6.07) is 4.47. The monoisotopic (exact) mass is 345 g/mol. The average molecular weight is 345 g/mol. The zero-order chi connectivity index (χ0) is 18.4. The summed E-state index contributed by atoms with van der Waals surface area (Å²) >= 11 is 0. The zero-order valence-corrected chi connectivity index (χ0v) is 14.9. The normalized spacial score (nSPS) is 10.2. The van der Waals surface area contributed by atoms with E-state index >= 15 is 0 Å². The van der Waals surface area contributed by atoms with Gasteiger partial charge in [0.05, 0.1) is 18.6 Å². The van der Waals surface area contributed by atoms with Crippen LogP contribution in [0.4, 0.5) is 16.3 Å². The Morgan fingerprint density at radius 2 is 2.00 bits per heavy atom. The average Bonchev–Trinajstić information content (AvgIpc) is 3.03. The Bertz CT molecular complexity index is 754. The van der Waals surface area contributed by atoms with Crippen molar-refractivity contribution in [3.05, 3.63) is 36.3 Å². The maximum atomic E-state index is 12.2. The molecule has 0 spiro atoms. The van der Waals surface area contributed by atoms with E-state index < -0.39 is 6.03 Å². The van der Waals surface area contributed by atoms with E-state index in [1.165, 1.54) is 4.90 Å². The Balaban J connectivity index is 2.14. The second-order valence-corrected chi connectivity index (χ2v) is 5.51. The van der Waals surface area contributed by atoms with Crippen molar-refractivity contribution in [1.82, 2.24) is 14.5 Å². The smallest absolute Gasteiger partial charge is 0.324 e. The molecule has 0 saturated carbocycles. The highest BCUT2D eigenvalue weighted by molar-refractivity contribution is 6.01. The van der Waals surface area contributed by atoms with Gasteiger partial charge in [-0.2, -0.15) is 0 Å². The molecule has 0 aliphatic heterocycles. The second kappa shape index (κ2) is 8.18. The summed E-state index contributed by atoms with van der Waals surface area (Å²) in [5, 5.41) is 5.37. The lowest BCUT2D eigenvalue weighted by Crippen LogP contribution is -2.22. The van der Waals surface area contributed by atoms with Crippen LogP contribution in [0.5, 0.6) is 5.75 Å². The minimum absolute atomic E-state index is 0.137. The van der Waals surface area contributed by atoms with Gasteiger partial charge in [-0.05, 0) is 32.0 Å². The lowest BCUT2D eigenvalue weighted by molar-refractivity contribution is 0.0827. The Kier molecular flexibility index (Phi) is 5.99. The maximum Gasteiger partial charge on any atom is 0.324 e. The van der Waals surface area contributed by atoms with Crippen molar-refractivity contribution in [3.8, 4) is 5.75 Å². The molecular weight excluding hydrogens is 322 g/mol. The minimum atomic E-state index is -0.436. The van der Waals surface area contributed by atoms with Gasteiger partial charge < -0.3 is 19.5 Å². The van der Waals surface area contributed by atoms with Crippen molar-refractivity contribution in [2.45, 2.75) is 20.4 Å². The van der Waals surface area contributed by atoms with Crippen LogP contribution in [-0.4, -0.2) is 47.1 Å². The Labute approximate surface area is 146 Å². The lowest BCUT2D eigenvalue weighted by atomic mass is 10.1. The van der Waals surface area contributed by atoms with Crippen molar-refractivity contribution >= 4 is 23.4 Å². The molecule has 0 radical (unpaired) electrons. The maximum absolute atomic E-state index is 12.2. The van der Waals surface area contributed by atoms with Gasteiger partial charge in [0.2, 0.25) is 0 Å². The summed E-state index contributed by atoms with van der Waals surface area (Å²) in [5.41, 5.74) is 0.964. The van der Waals surface area contributed by atoms with Crippen LogP contribution in [0.25, 0.3) is 0 Å². The molecule has 0 aliphatic carbocycles. The molecule has 2 N–H and O–H groups in total. The predicted molar refractivity (Wildman–Crippen MR) is 96.2 cm³/mol. The Morgan fingerprint density at radius 1 is 1.24 bits per heavy atom. The van der Waals surface area contributed by atoms with Crippen LogP contribution < -0.4 is 15.4 Å². The first kappa shape index (κ1) is 18.3. The van der Waals surface area contributed by atoms with E-state index in [0.29, 0.717) is 29.4 Å². The summed E-state index contributed by atoms with van der Waals surface area (Å²) in [4.78, 5) is 29.8. The summed E-state index contributed by atoms with van der Waals surface area (Å²) in [7, 11) is 3.36. The number of aromatic nitrogens is 2. The van der Waals surface area contributed by atoms with Gasteiger partial charge in [-0.3, -0.25) is 10.1 Å². The van der Waals surface area contributed by atoms with Gasteiger partial charge in [-0.25, -0.2) is 9.78 Å². The van der Waals surface area contributed by atoms with E-state index in [-0.39, 0.29) is 5.91 Å². The minimum Gasteiger partial charge on any atom is -0.492 e. The molecule has 0 fully saturated rings. The number of imidazole rings is 1. The number of amides is 3. The molecule has 134 valence electrons. The summed E-state index contributed by atoms with van der Waals surface area (Å²) < 4.78 is 7.40. The van der Waals surface area contributed by atoms with Crippen LogP contribution in [0, 0.1) is 0 Å². The van der Waals surface area contributed by atoms with Crippen LogP contribution in [0.3, 0.4) is 0 Å². The van der Waals surface area contributed by atoms with E-state index in [2.05, 4.69) is 15.6 Å². The van der Waals surface area contributed by atoms with Crippen LogP contribution in [0.15, 0.2) is 30.7 Å². The third kappa shape index (κ3) is 4.72. The third-order valence-corrected chi connectivity index (χ3v) is 3.42. The van der Waals surface area contributed by atoms with E-state index in [0.717, 1.165) is 6.54 Å². The molecule has 2 rings (SSSR count). The predicted octanol–water partition coefficient (Wildman–Crippen LogP) is 2.65. The highest BCUT2D eigenvalue weighted by atomic mass is 16.5. The highest BCUT2D eigenvalue weighted by Gasteiger charge is 2.14. The lowest BCUT2D eigenvalue weighted by Gasteiger charge is -2.15. The first-order valence-electron chi connectivity index (χ1n) is 8.02. The molecule has 25 heavy (non-hydrogen) atoms. The van der Waals surface area contributed by atoms with Crippen molar-refractivity contribution in [3.63, 3.8) is 0 Å². The SMILES string of the molecule is CCOc1cc(C(=O)N(C)C)ccc1NC(=O)Nc1cn(CC)cn1. The number of carbonyl (C=O) groups excluding carboxylic acids is 2. The van der Waals surface area contributed by atoms with Gasteiger partial charge >= 0.3 is 6.03 Å². The van der Waals surface area contributed by atoms with Gasteiger partial charge in [0.15, 0.2) is 5.82 Å². The molecule has 1 aromatic heterocycles. The van der Waals surface area contributed by atoms with Crippen molar-refractivity contribution in [1.29, 1.82) is 0 Å². The highest BCUT2D eigenvalue weighted by Crippen LogP contribution is 2.26. The number of carbonyl (C=O) groups is 2. The molecule has 1 aromatic carbocycles. The fourth-order valence-electron chi connectivity index (χ4n) is 2.16. The standard InChI is InChI=1S/C17H23N5O3/c1-5-22-10-15(18-11-22)20-17(24)19-13-8-7-12(16(23)21(3)4)9-14(13)25-6-2/h7-11H,5-6H2,1-4H3,(H2,19,20,24). The third-order valence-electron chi connectivity index (χ3n) is 3.42. The quantitative estimate of drug-likeness (QED) is 0.842. The van der Waals surface area contributed by atoms with Crippen LogP contribution in [0.2, 0.25) is 0 Å². The summed E-state index contributed by atoms with van der Waals surface area (Å²) in [5.74, 6) is 0.753. The zero-order valence-electron chi connectivity index (χ0n) is 14.9. The first-order valence-corrected chi connectivity index (χ1v) is 8.02. The number of aryl methyl sites for hydroxylation is 1. The molecule has 2 aromatic rings. The fraction of sp³-hybridized carbons (Fsp3) is 0.353. The number of urea groups is 1. The second-order valence-electron chi connectivity index (χ2n) is 5.51. The van der Waals surface area contributed by atoms with Crippen LogP contribution >= 0.6 is 0 Å². The van der Waals surface area contributed by atoms with Crippen molar-refractivity contribution < 1.29 is 14.3 Å². The number of ether oxygens (including phenoxy) is 1. The number of nitrogens with one attached hydrogen (secondary N) is 2. The van der Waals surface area contributed by atoms with Gasteiger partial charge in [0.25, 0.3) is 5.91 Å². The van der Waals surface area contributed by atoms with Crippen LogP contribution in [-0.2, 0) is 6.54 Å². The topological polar surface area (TPSA) is 88.5 Å². The van der Waals surface area contributed by atoms with E-state index in [1.54, 1.807) is 44.8 Å². The molecule has 0 unspecified atom stereocenters. The first-order chi connectivity index (χ1) is 11.9. The summed E-state index contributed by atoms with van der Waals surface area (Å²) in [6.07, 6.45) is 3.38. The molecular formula is C17H23N5O3. The molecule has 8 heteroatoms. The van der Waals surface area contributed by atoms with Gasteiger partial charge in [-0.15, -0.1) is 0 Å². The molecule has 0 bridgehead atoms. The number of hydrogen-bond acceptors (Lipinski definition) is 4. The molecule has 0 aliphatic rings. The number of rotatable bonds is 6. The van der Waals surface area contributed by atoms with E-state index in [4.69, 9.17) is 4.74 Å². The van der Waals surface area contributed by atoms with Crippen molar-refractivity contribution in [2.75, 3.05) is 31.3 Å². The molecule has 0 saturated heterocycles. The Morgan fingerprint density at radius 3 is 2.60 bits per heavy atom. The molecule has 0 atom stereocenters. The fourth-order valence-corrected chi connectivity index (χ4v) is 2.16. The van der Waals surface area contributed by atoms with Gasteiger partial charge in [0.1, 0.15) is 5.75 Å².